The van der Waals surface area contributed by atoms with Gasteiger partial charge in [-0.1, -0.05) is 0 Å². The molecule has 0 saturated heterocycles. The van der Waals surface area contributed by atoms with Crippen LogP contribution in [-0.2, 0) is 19.5 Å². The van der Waals surface area contributed by atoms with Gasteiger partial charge >= 0.3 is 11.9 Å². The Morgan fingerprint density at radius 3 is 2.00 bits per heavy atom. The lowest BCUT2D eigenvalue weighted by Crippen LogP contribution is -2.29. The molecule has 0 fully saturated rings. The lowest BCUT2D eigenvalue weighted by atomic mass is 10.1. The first kappa shape index (κ1) is 22.9. The first-order chi connectivity index (χ1) is 14.1. The molecule has 0 spiro atoms. The third-order valence-corrected chi connectivity index (χ3v) is 5.47. The molecule has 30 heavy (non-hydrogen) atoms. The molecule has 2 rings (SSSR count). The second-order valence-corrected chi connectivity index (χ2v) is 8.08. The van der Waals surface area contributed by atoms with Gasteiger partial charge in [0, 0.05) is 12.1 Å². The summed E-state index contributed by atoms with van der Waals surface area (Å²) in [6, 6.07) is 9.97. The van der Waals surface area contributed by atoms with Crippen LogP contribution in [0, 0.1) is 0 Å². The molecule has 0 saturated carbocycles. The topological polar surface area (TPSA) is 119 Å². The molecule has 2 aromatic carbocycles. The number of anilines is 2. The number of sulfonamides is 1. The molecular weight excluding hydrogens is 412 g/mol. The van der Waals surface area contributed by atoms with Crippen molar-refractivity contribution in [1.82, 2.24) is 0 Å². The van der Waals surface area contributed by atoms with Crippen molar-refractivity contribution < 1.29 is 32.3 Å². The molecular formula is C20H22N2O7S. The van der Waals surface area contributed by atoms with Crippen molar-refractivity contribution in [3.8, 4) is 0 Å². The molecule has 160 valence electrons. The average Bonchev–Trinajstić information content (AvgIpc) is 2.72. The van der Waals surface area contributed by atoms with Gasteiger partial charge in [0.2, 0.25) is 10.0 Å². The third kappa shape index (κ3) is 5.15. The van der Waals surface area contributed by atoms with Crippen molar-refractivity contribution in [3.05, 3.63) is 59.2 Å². The fraction of sp³-hybridized carbons (Fsp3) is 0.250. The maximum atomic E-state index is 12.7. The first-order valence-corrected chi connectivity index (χ1v) is 10.7. The maximum Gasteiger partial charge on any atom is 0.339 e. The summed E-state index contributed by atoms with van der Waals surface area (Å²) in [6.45, 7) is 1.94. The lowest BCUT2D eigenvalue weighted by molar-refractivity contribution is 0.0587. The molecule has 0 aliphatic carbocycles. The van der Waals surface area contributed by atoms with E-state index in [0.29, 0.717) is 5.69 Å². The smallest absolute Gasteiger partial charge is 0.339 e. The van der Waals surface area contributed by atoms with Crippen molar-refractivity contribution in [2.45, 2.75) is 6.92 Å². The zero-order valence-corrected chi connectivity index (χ0v) is 17.8. The predicted molar refractivity (Wildman–Crippen MR) is 111 cm³/mol. The number of carbonyl (C=O) groups is 3. The molecule has 0 radical (unpaired) electrons. The minimum Gasteiger partial charge on any atom is -0.465 e. The van der Waals surface area contributed by atoms with Crippen LogP contribution >= 0.6 is 0 Å². The Labute approximate surface area is 174 Å². The zero-order valence-electron chi connectivity index (χ0n) is 17.0. The largest absolute Gasteiger partial charge is 0.465 e. The minimum atomic E-state index is -3.45. The fourth-order valence-corrected chi connectivity index (χ4v) is 3.74. The van der Waals surface area contributed by atoms with E-state index in [4.69, 9.17) is 4.74 Å². The molecule has 1 amide bonds. The van der Waals surface area contributed by atoms with Gasteiger partial charge < -0.3 is 14.8 Å². The van der Waals surface area contributed by atoms with Gasteiger partial charge in [-0.15, -0.1) is 0 Å². The van der Waals surface area contributed by atoms with E-state index < -0.39 is 27.9 Å². The molecule has 1 N–H and O–H groups in total. The molecule has 2 aromatic rings. The highest BCUT2D eigenvalue weighted by Crippen LogP contribution is 2.22. The SMILES string of the molecule is CCN(c1ccc(C(=O)Nc2cc(C(=O)OC)ccc2C(=O)OC)cc1)S(C)(=O)=O. The zero-order chi connectivity index (χ0) is 22.5. The second-order valence-electron chi connectivity index (χ2n) is 6.17. The number of methoxy groups -OCH3 is 2. The second kappa shape index (κ2) is 9.40. The highest BCUT2D eigenvalue weighted by molar-refractivity contribution is 7.92. The molecule has 0 aromatic heterocycles. The van der Waals surface area contributed by atoms with E-state index in [-0.39, 0.29) is 28.9 Å². The Kier molecular flexibility index (Phi) is 7.17. The van der Waals surface area contributed by atoms with Crippen LogP contribution in [0.3, 0.4) is 0 Å². The van der Waals surface area contributed by atoms with Crippen molar-refractivity contribution in [1.29, 1.82) is 0 Å². The monoisotopic (exact) mass is 434 g/mol. The van der Waals surface area contributed by atoms with Gasteiger partial charge in [0.1, 0.15) is 0 Å². The van der Waals surface area contributed by atoms with Crippen molar-refractivity contribution in [2.24, 2.45) is 0 Å². The van der Waals surface area contributed by atoms with E-state index in [1.54, 1.807) is 6.92 Å². The fourth-order valence-electron chi connectivity index (χ4n) is 2.76. The van der Waals surface area contributed by atoms with E-state index >= 15 is 0 Å². The number of rotatable bonds is 7. The highest BCUT2D eigenvalue weighted by Gasteiger charge is 2.19. The van der Waals surface area contributed by atoms with E-state index in [1.165, 1.54) is 61.0 Å². The van der Waals surface area contributed by atoms with Gasteiger partial charge in [0.05, 0.1) is 43.0 Å². The summed E-state index contributed by atoms with van der Waals surface area (Å²) in [6.07, 6.45) is 1.10. The number of nitrogens with one attached hydrogen (secondary N) is 1. The van der Waals surface area contributed by atoms with Crippen molar-refractivity contribution in [2.75, 3.05) is 36.6 Å². The molecule has 0 atom stereocenters. The molecule has 0 aliphatic heterocycles. The van der Waals surface area contributed by atoms with E-state index in [9.17, 15) is 22.8 Å². The van der Waals surface area contributed by atoms with Gasteiger partial charge in [-0.25, -0.2) is 18.0 Å². The van der Waals surface area contributed by atoms with Crippen LogP contribution < -0.4 is 9.62 Å². The number of benzene rings is 2. The molecule has 9 nitrogen and oxygen atoms in total. The van der Waals surface area contributed by atoms with E-state index in [1.807, 2.05) is 0 Å². The minimum absolute atomic E-state index is 0.0596. The Morgan fingerprint density at radius 1 is 0.933 bits per heavy atom. The summed E-state index contributed by atoms with van der Waals surface area (Å²) in [5.74, 6) is -1.88. The van der Waals surface area contributed by atoms with Gasteiger partial charge in [0.15, 0.2) is 0 Å². The Hall–Kier alpha value is -3.40. The van der Waals surface area contributed by atoms with Crippen molar-refractivity contribution >= 4 is 39.2 Å². The first-order valence-electron chi connectivity index (χ1n) is 8.82. The van der Waals surface area contributed by atoms with E-state index in [0.717, 1.165) is 6.26 Å². The number of ether oxygens (including phenoxy) is 2. The summed E-state index contributed by atoms with van der Waals surface area (Å²) in [4.78, 5) is 36.4. The normalized spacial score (nSPS) is 10.8. The summed E-state index contributed by atoms with van der Waals surface area (Å²) in [5.41, 5.74) is 0.916. The van der Waals surface area contributed by atoms with Gasteiger partial charge in [0.25, 0.3) is 5.91 Å². The van der Waals surface area contributed by atoms with E-state index in [2.05, 4.69) is 10.1 Å². The number of hydrogen-bond acceptors (Lipinski definition) is 7. The predicted octanol–water partition coefficient (Wildman–Crippen LogP) is 2.30. The Balaban J connectivity index is 2.34. The van der Waals surface area contributed by atoms with Crippen LogP contribution in [0.25, 0.3) is 0 Å². The van der Waals surface area contributed by atoms with Gasteiger partial charge in [-0.3, -0.25) is 9.10 Å². The molecule has 0 bridgehead atoms. The summed E-state index contributed by atoms with van der Waals surface area (Å²) in [5, 5.41) is 2.57. The number of hydrogen-bond donors (Lipinski definition) is 1. The highest BCUT2D eigenvalue weighted by atomic mass is 32.2. The van der Waals surface area contributed by atoms with Crippen LogP contribution in [0.15, 0.2) is 42.5 Å². The molecule has 10 heteroatoms. The molecule has 0 unspecified atom stereocenters. The van der Waals surface area contributed by atoms with Crippen LogP contribution in [0.2, 0.25) is 0 Å². The Bertz CT molecular complexity index is 1060. The quantitative estimate of drug-likeness (QED) is 0.664. The summed E-state index contributed by atoms with van der Waals surface area (Å²) < 4.78 is 34.2. The van der Waals surface area contributed by atoms with Crippen LogP contribution in [0.5, 0.6) is 0 Å². The maximum absolute atomic E-state index is 12.7. The third-order valence-electron chi connectivity index (χ3n) is 4.20. The van der Waals surface area contributed by atoms with Crippen LogP contribution in [0.1, 0.15) is 38.0 Å². The van der Waals surface area contributed by atoms with Crippen LogP contribution in [-0.4, -0.2) is 53.3 Å². The van der Waals surface area contributed by atoms with Gasteiger partial charge in [-0.05, 0) is 49.4 Å². The Morgan fingerprint density at radius 2 is 1.50 bits per heavy atom. The standard InChI is InChI=1S/C20H22N2O7S/c1-5-22(30(4,26)27)15-9-6-13(7-10-15)18(23)21-17-12-14(19(24)28-2)8-11-16(17)20(25)29-3/h6-12H,5H2,1-4H3,(H,21,23). The summed E-state index contributed by atoms with van der Waals surface area (Å²) >= 11 is 0. The number of nitrogens with zero attached hydrogens (tertiary/aromatic N) is 1. The average molecular weight is 434 g/mol. The van der Waals surface area contributed by atoms with Crippen molar-refractivity contribution in [3.63, 3.8) is 0 Å². The lowest BCUT2D eigenvalue weighted by Gasteiger charge is -2.20. The number of esters is 2. The van der Waals surface area contributed by atoms with Gasteiger partial charge in [-0.2, -0.15) is 0 Å². The van der Waals surface area contributed by atoms with Crippen LogP contribution in [0.4, 0.5) is 11.4 Å². The number of amides is 1. The molecule has 0 heterocycles. The summed E-state index contributed by atoms with van der Waals surface area (Å²) in [7, 11) is -1.03. The number of carbonyl (C=O) groups excluding carboxylic acids is 3. The molecule has 0 aliphatic rings.